The van der Waals surface area contributed by atoms with Gasteiger partial charge in [0.2, 0.25) is 0 Å². The number of H-pyrrole nitrogens is 1. The maximum atomic E-state index is 11.7. The Morgan fingerprint density at radius 1 is 1.35 bits per heavy atom. The summed E-state index contributed by atoms with van der Waals surface area (Å²) in [6, 6.07) is 5.77. The van der Waals surface area contributed by atoms with Gasteiger partial charge in [0, 0.05) is 41.8 Å². The van der Waals surface area contributed by atoms with Gasteiger partial charge in [-0.3, -0.25) is 9.78 Å². The molecule has 1 atom stereocenters. The lowest BCUT2D eigenvalue weighted by Gasteiger charge is -2.18. The zero-order valence-electron chi connectivity index (χ0n) is 9.53. The van der Waals surface area contributed by atoms with Crippen molar-refractivity contribution in [2.45, 2.75) is 12.8 Å². The number of hydrogen-bond acceptors (Lipinski definition) is 2. The molecule has 0 saturated heterocycles. The van der Waals surface area contributed by atoms with Gasteiger partial charge in [0.1, 0.15) is 0 Å². The number of amides is 1. The van der Waals surface area contributed by atoms with E-state index >= 15 is 0 Å². The molecule has 0 bridgehead atoms. The zero-order chi connectivity index (χ0) is 11.8. The topological polar surface area (TPSA) is 57.8 Å². The van der Waals surface area contributed by atoms with Gasteiger partial charge < -0.3 is 10.3 Å². The standard InChI is InChI=1S/C13H13N3O/c1-8-7-15-13(17)10-6-11(16-12(8)10)9-2-4-14-5-3-9/h2-6,8,16H,7H2,1H3,(H,15,17)/t8-/m0/s1. The van der Waals surface area contributed by atoms with Crippen LogP contribution in [-0.4, -0.2) is 22.4 Å². The average Bonchev–Trinajstić information content (AvgIpc) is 2.81. The fraction of sp³-hybridized carbons (Fsp3) is 0.231. The maximum Gasteiger partial charge on any atom is 0.253 e. The molecule has 17 heavy (non-hydrogen) atoms. The summed E-state index contributed by atoms with van der Waals surface area (Å²) in [6.45, 7) is 2.80. The van der Waals surface area contributed by atoms with Crippen LogP contribution in [0.4, 0.5) is 0 Å². The van der Waals surface area contributed by atoms with Crippen molar-refractivity contribution in [1.29, 1.82) is 0 Å². The molecule has 2 aromatic rings. The first-order valence-corrected chi connectivity index (χ1v) is 5.67. The van der Waals surface area contributed by atoms with Crippen molar-refractivity contribution < 1.29 is 4.79 Å². The average molecular weight is 227 g/mol. The lowest BCUT2D eigenvalue weighted by molar-refractivity contribution is 0.0941. The predicted molar refractivity (Wildman–Crippen MR) is 64.8 cm³/mol. The van der Waals surface area contributed by atoms with E-state index in [9.17, 15) is 4.79 Å². The van der Waals surface area contributed by atoms with Crippen LogP contribution in [0.2, 0.25) is 0 Å². The third-order valence-electron chi connectivity index (χ3n) is 3.15. The molecule has 1 aliphatic rings. The van der Waals surface area contributed by atoms with Crippen LogP contribution in [0, 0.1) is 0 Å². The largest absolute Gasteiger partial charge is 0.357 e. The fourth-order valence-corrected chi connectivity index (χ4v) is 2.18. The molecule has 1 aliphatic heterocycles. The molecular weight excluding hydrogens is 214 g/mol. The first kappa shape index (κ1) is 10.1. The molecule has 2 aromatic heterocycles. The highest BCUT2D eigenvalue weighted by atomic mass is 16.1. The van der Waals surface area contributed by atoms with E-state index in [2.05, 4.69) is 22.2 Å². The van der Waals surface area contributed by atoms with Crippen molar-refractivity contribution in [3.8, 4) is 11.3 Å². The number of nitrogens with zero attached hydrogens (tertiary/aromatic N) is 1. The summed E-state index contributed by atoms with van der Waals surface area (Å²) in [4.78, 5) is 19.1. The van der Waals surface area contributed by atoms with E-state index in [0.717, 1.165) is 22.5 Å². The van der Waals surface area contributed by atoms with Crippen LogP contribution < -0.4 is 5.32 Å². The van der Waals surface area contributed by atoms with E-state index in [4.69, 9.17) is 0 Å². The first-order chi connectivity index (χ1) is 8.25. The Hall–Kier alpha value is -2.10. The number of carbonyl (C=O) groups is 1. The van der Waals surface area contributed by atoms with Crippen LogP contribution in [0.25, 0.3) is 11.3 Å². The smallest absolute Gasteiger partial charge is 0.253 e. The van der Waals surface area contributed by atoms with Gasteiger partial charge in [-0.15, -0.1) is 0 Å². The van der Waals surface area contributed by atoms with E-state index in [1.807, 2.05) is 18.2 Å². The number of nitrogens with one attached hydrogen (secondary N) is 2. The van der Waals surface area contributed by atoms with Crippen molar-refractivity contribution in [2.75, 3.05) is 6.54 Å². The third kappa shape index (κ3) is 1.62. The predicted octanol–water partition coefficient (Wildman–Crippen LogP) is 1.92. The Morgan fingerprint density at radius 2 is 2.12 bits per heavy atom. The monoisotopic (exact) mass is 227 g/mol. The number of fused-ring (bicyclic) bond motifs is 1. The lowest BCUT2D eigenvalue weighted by Crippen LogP contribution is -2.33. The molecule has 3 heterocycles. The highest BCUT2D eigenvalue weighted by Crippen LogP contribution is 2.28. The van der Waals surface area contributed by atoms with Crippen LogP contribution in [-0.2, 0) is 0 Å². The van der Waals surface area contributed by atoms with Gasteiger partial charge in [-0.2, -0.15) is 0 Å². The number of rotatable bonds is 1. The van der Waals surface area contributed by atoms with Crippen molar-refractivity contribution in [2.24, 2.45) is 0 Å². The number of aromatic nitrogens is 2. The maximum absolute atomic E-state index is 11.7. The second-order valence-electron chi connectivity index (χ2n) is 4.36. The van der Waals surface area contributed by atoms with Crippen LogP contribution in [0.5, 0.6) is 0 Å². The second-order valence-corrected chi connectivity index (χ2v) is 4.36. The van der Waals surface area contributed by atoms with Gasteiger partial charge in [0.05, 0.1) is 5.56 Å². The molecule has 4 nitrogen and oxygen atoms in total. The summed E-state index contributed by atoms with van der Waals surface area (Å²) in [5, 5.41) is 2.88. The molecule has 0 saturated carbocycles. The summed E-state index contributed by atoms with van der Waals surface area (Å²) in [5.74, 6) is 0.341. The Balaban J connectivity index is 2.10. The van der Waals surface area contributed by atoms with Crippen molar-refractivity contribution >= 4 is 5.91 Å². The summed E-state index contributed by atoms with van der Waals surface area (Å²) in [6.07, 6.45) is 3.50. The Morgan fingerprint density at radius 3 is 2.82 bits per heavy atom. The molecule has 4 heteroatoms. The normalized spacial score (nSPS) is 18.6. The molecule has 0 radical (unpaired) electrons. The van der Waals surface area contributed by atoms with Crippen molar-refractivity contribution in [1.82, 2.24) is 15.3 Å². The summed E-state index contributed by atoms with van der Waals surface area (Å²) < 4.78 is 0. The summed E-state index contributed by atoms with van der Waals surface area (Å²) in [7, 11) is 0. The quantitative estimate of drug-likeness (QED) is 0.782. The molecule has 0 unspecified atom stereocenters. The van der Waals surface area contributed by atoms with Gasteiger partial charge in [-0.25, -0.2) is 0 Å². The van der Waals surface area contributed by atoms with Gasteiger partial charge in [-0.1, -0.05) is 6.92 Å². The summed E-state index contributed by atoms with van der Waals surface area (Å²) in [5.41, 5.74) is 3.81. The molecule has 0 aromatic carbocycles. The summed E-state index contributed by atoms with van der Waals surface area (Å²) >= 11 is 0. The van der Waals surface area contributed by atoms with Crippen molar-refractivity contribution in [3.05, 3.63) is 41.9 Å². The Bertz CT molecular complexity index is 559. The minimum absolute atomic E-state index is 0.00894. The molecular formula is C13H13N3O. The highest BCUT2D eigenvalue weighted by Gasteiger charge is 2.24. The van der Waals surface area contributed by atoms with E-state index in [1.165, 1.54) is 0 Å². The van der Waals surface area contributed by atoms with Crippen molar-refractivity contribution in [3.63, 3.8) is 0 Å². The second kappa shape index (κ2) is 3.73. The van der Waals surface area contributed by atoms with Gasteiger partial charge in [-0.05, 0) is 18.2 Å². The molecule has 1 amide bonds. The number of pyridine rings is 1. The van der Waals surface area contributed by atoms with E-state index in [1.54, 1.807) is 12.4 Å². The molecule has 86 valence electrons. The van der Waals surface area contributed by atoms with Crippen LogP contribution >= 0.6 is 0 Å². The molecule has 0 aliphatic carbocycles. The van der Waals surface area contributed by atoms with Crippen LogP contribution in [0.3, 0.4) is 0 Å². The van der Waals surface area contributed by atoms with Crippen LogP contribution in [0.1, 0.15) is 28.9 Å². The molecule has 0 fully saturated rings. The van der Waals surface area contributed by atoms with E-state index in [-0.39, 0.29) is 5.91 Å². The minimum atomic E-state index is 0.00894. The highest BCUT2D eigenvalue weighted by molar-refractivity contribution is 5.98. The number of carbonyl (C=O) groups excluding carboxylic acids is 1. The molecule has 0 spiro atoms. The van der Waals surface area contributed by atoms with E-state index in [0.29, 0.717) is 12.5 Å². The molecule has 3 rings (SSSR count). The Kier molecular flexibility index (Phi) is 2.21. The third-order valence-corrected chi connectivity index (χ3v) is 3.15. The number of aromatic amines is 1. The van der Waals surface area contributed by atoms with Gasteiger partial charge in [0.15, 0.2) is 0 Å². The van der Waals surface area contributed by atoms with Gasteiger partial charge in [0.25, 0.3) is 5.91 Å². The zero-order valence-corrected chi connectivity index (χ0v) is 9.53. The molecule has 2 N–H and O–H groups in total. The fourth-order valence-electron chi connectivity index (χ4n) is 2.18. The van der Waals surface area contributed by atoms with Gasteiger partial charge >= 0.3 is 0 Å². The first-order valence-electron chi connectivity index (χ1n) is 5.67. The number of hydrogen-bond donors (Lipinski definition) is 2. The SMILES string of the molecule is C[C@H]1CNC(=O)c2cc(-c3ccncc3)[nH]c21. The van der Waals surface area contributed by atoms with E-state index < -0.39 is 0 Å². The lowest BCUT2D eigenvalue weighted by atomic mass is 10.00. The van der Waals surface area contributed by atoms with Crippen LogP contribution in [0.15, 0.2) is 30.6 Å². The minimum Gasteiger partial charge on any atom is -0.357 e. The Labute approximate surface area is 99.1 Å².